The molecular weight excluding hydrogens is 204 g/mol. The van der Waals surface area contributed by atoms with Crippen molar-refractivity contribution in [2.24, 2.45) is 5.92 Å². The lowest BCUT2D eigenvalue weighted by atomic mass is 9.98. The van der Waals surface area contributed by atoms with Crippen molar-refractivity contribution in [2.45, 2.75) is 25.4 Å². The van der Waals surface area contributed by atoms with Crippen LogP contribution in [0.15, 0.2) is 0 Å². The van der Waals surface area contributed by atoms with E-state index in [0.29, 0.717) is 11.5 Å². The molecular formula is C9H12O2S2. The summed E-state index contributed by atoms with van der Waals surface area (Å²) < 4.78 is 6.37. The first-order valence-electron chi connectivity index (χ1n) is 4.58. The zero-order valence-electron chi connectivity index (χ0n) is 7.32. The van der Waals surface area contributed by atoms with Crippen LogP contribution in [-0.2, 0) is 9.53 Å². The van der Waals surface area contributed by atoms with Crippen molar-refractivity contribution in [2.75, 3.05) is 12.4 Å². The minimum Gasteiger partial charge on any atom is -0.378 e. The van der Waals surface area contributed by atoms with Crippen molar-refractivity contribution in [1.29, 1.82) is 0 Å². The number of rotatable bonds is 2. The summed E-state index contributed by atoms with van der Waals surface area (Å²) in [5.41, 5.74) is 0. The Labute approximate surface area is 87.4 Å². The molecule has 2 unspecified atom stereocenters. The number of hydrogen-bond acceptors (Lipinski definition) is 4. The van der Waals surface area contributed by atoms with Crippen LogP contribution in [0.2, 0.25) is 0 Å². The fourth-order valence-corrected chi connectivity index (χ4v) is 3.11. The normalized spacial score (nSPS) is 34.5. The Kier molecular flexibility index (Phi) is 3.01. The summed E-state index contributed by atoms with van der Waals surface area (Å²) in [4.78, 5) is 11.4. The predicted octanol–water partition coefficient (Wildman–Crippen LogP) is 1.81. The van der Waals surface area contributed by atoms with Crippen LogP contribution in [0.4, 0.5) is 0 Å². The number of thiocarbonyl (C=S) groups is 1. The van der Waals surface area contributed by atoms with Crippen molar-refractivity contribution >= 4 is 34.0 Å². The lowest BCUT2D eigenvalue weighted by Crippen LogP contribution is -2.20. The molecule has 0 aromatic rings. The van der Waals surface area contributed by atoms with Gasteiger partial charge in [-0.1, -0.05) is 12.2 Å². The van der Waals surface area contributed by atoms with Crippen molar-refractivity contribution in [3.63, 3.8) is 0 Å². The molecule has 2 aliphatic rings. The smallest absolute Gasteiger partial charge is 0.152 e. The third-order valence-electron chi connectivity index (χ3n) is 2.55. The number of ketones is 1. The average molecular weight is 216 g/mol. The van der Waals surface area contributed by atoms with Crippen molar-refractivity contribution in [3.8, 4) is 0 Å². The summed E-state index contributed by atoms with van der Waals surface area (Å²) in [6.45, 7) is 0.853. The van der Waals surface area contributed by atoms with E-state index < -0.39 is 0 Å². The van der Waals surface area contributed by atoms with Gasteiger partial charge in [0.1, 0.15) is 0 Å². The second kappa shape index (κ2) is 4.07. The van der Waals surface area contributed by atoms with E-state index in [9.17, 15) is 4.79 Å². The fraction of sp³-hybridized carbons (Fsp3) is 0.778. The van der Waals surface area contributed by atoms with Crippen LogP contribution in [0.3, 0.4) is 0 Å². The summed E-state index contributed by atoms with van der Waals surface area (Å²) in [5.74, 6) is 0.879. The quantitative estimate of drug-likeness (QED) is 0.658. The molecule has 0 amide bonds. The lowest BCUT2D eigenvalue weighted by molar-refractivity contribution is -0.118. The third-order valence-corrected chi connectivity index (χ3v) is 4.19. The van der Waals surface area contributed by atoms with Crippen LogP contribution < -0.4 is 0 Å². The van der Waals surface area contributed by atoms with Gasteiger partial charge in [0, 0.05) is 6.61 Å². The van der Waals surface area contributed by atoms with Gasteiger partial charge in [0.05, 0.1) is 22.0 Å². The zero-order valence-corrected chi connectivity index (χ0v) is 8.96. The Bertz CT molecular complexity index is 218. The maximum absolute atomic E-state index is 11.4. The molecule has 0 aromatic heterocycles. The van der Waals surface area contributed by atoms with Gasteiger partial charge in [-0.3, -0.25) is 4.79 Å². The number of carbonyl (C=O) groups excluding carboxylic acids is 1. The van der Waals surface area contributed by atoms with E-state index in [-0.39, 0.29) is 12.0 Å². The number of carbonyl (C=O) groups is 1. The standard InChI is InChI=1S/C9H12O2S2/c10-8-5-13-9(12)7(8)4-6-2-1-3-11-6/h6-7H,1-5H2. The minimum atomic E-state index is 0.00287. The molecule has 2 aliphatic heterocycles. The van der Waals surface area contributed by atoms with Crippen molar-refractivity contribution < 1.29 is 9.53 Å². The summed E-state index contributed by atoms with van der Waals surface area (Å²) in [5, 5.41) is 0. The predicted molar refractivity (Wildman–Crippen MR) is 57.1 cm³/mol. The Morgan fingerprint density at radius 2 is 2.46 bits per heavy atom. The first-order valence-corrected chi connectivity index (χ1v) is 5.97. The molecule has 2 atom stereocenters. The maximum Gasteiger partial charge on any atom is 0.152 e. The summed E-state index contributed by atoms with van der Waals surface area (Å²) in [6.07, 6.45) is 3.33. The largest absolute Gasteiger partial charge is 0.378 e. The van der Waals surface area contributed by atoms with Gasteiger partial charge in [-0.2, -0.15) is 0 Å². The molecule has 0 spiro atoms. The summed E-state index contributed by atoms with van der Waals surface area (Å²) in [7, 11) is 0. The van der Waals surface area contributed by atoms with Gasteiger partial charge in [0.2, 0.25) is 0 Å². The number of ether oxygens (including phenoxy) is 1. The molecule has 0 aromatic carbocycles. The molecule has 2 rings (SSSR count). The Morgan fingerprint density at radius 3 is 3.00 bits per heavy atom. The van der Waals surface area contributed by atoms with Gasteiger partial charge in [-0.05, 0) is 19.3 Å². The molecule has 13 heavy (non-hydrogen) atoms. The molecule has 0 bridgehead atoms. The number of Topliss-reactive ketones (excluding diaryl/α,β-unsaturated/α-hetero) is 1. The SMILES string of the molecule is O=C1CSC(=S)C1CC1CCCO1. The van der Waals surface area contributed by atoms with E-state index in [0.717, 1.165) is 30.1 Å². The molecule has 2 heterocycles. The average Bonchev–Trinajstić information content (AvgIpc) is 2.70. The van der Waals surface area contributed by atoms with Crippen molar-refractivity contribution in [1.82, 2.24) is 0 Å². The van der Waals surface area contributed by atoms with E-state index >= 15 is 0 Å². The zero-order chi connectivity index (χ0) is 9.26. The Hall–Kier alpha value is 0.0700. The van der Waals surface area contributed by atoms with E-state index in [1.807, 2.05) is 0 Å². The second-order valence-corrected chi connectivity index (χ2v) is 5.21. The van der Waals surface area contributed by atoms with Gasteiger partial charge in [-0.25, -0.2) is 0 Å². The molecule has 0 radical (unpaired) electrons. The van der Waals surface area contributed by atoms with Crippen LogP contribution in [0.1, 0.15) is 19.3 Å². The molecule has 2 nitrogen and oxygen atoms in total. The van der Waals surface area contributed by atoms with Crippen LogP contribution >= 0.6 is 24.0 Å². The topological polar surface area (TPSA) is 26.3 Å². The second-order valence-electron chi connectivity index (χ2n) is 3.50. The Morgan fingerprint density at radius 1 is 1.62 bits per heavy atom. The fourth-order valence-electron chi connectivity index (χ4n) is 1.80. The van der Waals surface area contributed by atoms with Gasteiger partial charge in [0.25, 0.3) is 0 Å². The van der Waals surface area contributed by atoms with Gasteiger partial charge in [-0.15, -0.1) is 11.8 Å². The number of hydrogen-bond donors (Lipinski definition) is 0. The summed E-state index contributed by atoms with van der Waals surface area (Å²) >= 11 is 6.66. The lowest BCUT2D eigenvalue weighted by Gasteiger charge is -2.13. The first-order chi connectivity index (χ1) is 6.27. The van der Waals surface area contributed by atoms with Crippen LogP contribution in [0.5, 0.6) is 0 Å². The van der Waals surface area contributed by atoms with Gasteiger partial charge >= 0.3 is 0 Å². The highest BCUT2D eigenvalue weighted by Crippen LogP contribution is 2.30. The minimum absolute atomic E-state index is 0.00287. The van der Waals surface area contributed by atoms with Crippen molar-refractivity contribution in [3.05, 3.63) is 0 Å². The maximum atomic E-state index is 11.4. The number of thioether (sulfide) groups is 1. The van der Waals surface area contributed by atoms with Gasteiger partial charge < -0.3 is 4.74 Å². The Balaban J connectivity index is 1.92. The van der Waals surface area contributed by atoms with E-state index in [1.165, 1.54) is 11.8 Å². The molecule has 2 saturated heterocycles. The highest BCUT2D eigenvalue weighted by Gasteiger charge is 2.33. The van der Waals surface area contributed by atoms with Crippen LogP contribution in [0.25, 0.3) is 0 Å². The highest BCUT2D eigenvalue weighted by atomic mass is 32.2. The molecule has 4 heteroatoms. The molecule has 2 fully saturated rings. The molecule has 72 valence electrons. The van der Waals surface area contributed by atoms with E-state index in [2.05, 4.69) is 0 Å². The molecule has 0 saturated carbocycles. The highest BCUT2D eigenvalue weighted by molar-refractivity contribution is 8.24. The third kappa shape index (κ3) is 2.11. The van der Waals surface area contributed by atoms with Gasteiger partial charge in [0.15, 0.2) is 5.78 Å². The van der Waals surface area contributed by atoms with E-state index in [1.54, 1.807) is 0 Å². The molecule has 0 aliphatic carbocycles. The van der Waals surface area contributed by atoms with Crippen LogP contribution in [0, 0.1) is 5.92 Å². The van der Waals surface area contributed by atoms with E-state index in [4.69, 9.17) is 17.0 Å². The monoisotopic (exact) mass is 216 g/mol. The van der Waals surface area contributed by atoms with Crippen LogP contribution in [-0.4, -0.2) is 28.4 Å². The summed E-state index contributed by atoms with van der Waals surface area (Å²) in [6, 6.07) is 0. The first kappa shape index (κ1) is 9.62. The molecule has 0 N–H and O–H groups in total.